The Morgan fingerprint density at radius 1 is 1.32 bits per heavy atom. The number of hydrogen-bond donors (Lipinski definition) is 1. The summed E-state index contributed by atoms with van der Waals surface area (Å²) in [5, 5.41) is 3.74. The molecule has 2 heterocycles. The second-order valence-electron chi connectivity index (χ2n) is 7.76. The predicted octanol–water partition coefficient (Wildman–Crippen LogP) is 4.08. The van der Waals surface area contributed by atoms with Crippen LogP contribution in [-0.2, 0) is 11.3 Å². The number of anilines is 1. The van der Waals surface area contributed by atoms with E-state index in [9.17, 15) is 4.79 Å². The van der Waals surface area contributed by atoms with Crippen molar-refractivity contribution in [3.05, 3.63) is 57.7 Å². The number of nitrogens with one attached hydrogen (secondary N) is 1. The molecule has 1 N–H and O–H groups in total. The topological polar surface area (TPSA) is 54.5 Å². The van der Waals surface area contributed by atoms with Gasteiger partial charge in [0.1, 0.15) is 5.82 Å². The molecule has 2 aliphatic rings. The highest BCUT2D eigenvalue weighted by Gasteiger charge is 2.32. The molecular formula is C22H26ClN3O2. The summed E-state index contributed by atoms with van der Waals surface area (Å²) >= 11 is 5.94. The molecule has 1 atom stereocenters. The molecule has 1 aliphatic carbocycles. The van der Waals surface area contributed by atoms with Gasteiger partial charge < -0.3 is 15.0 Å². The van der Waals surface area contributed by atoms with Gasteiger partial charge in [-0.1, -0.05) is 23.7 Å². The lowest BCUT2D eigenvalue weighted by molar-refractivity contribution is 0.0947. The Labute approximate surface area is 171 Å². The maximum Gasteiger partial charge on any atom is 0.253 e. The van der Waals surface area contributed by atoms with Crippen LogP contribution in [0.1, 0.15) is 52.9 Å². The van der Waals surface area contributed by atoms with Crippen LogP contribution >= 0.6 is 11.6 Å². The average Bonchev–Trinajstić information content (AvgIpc) is 3.52. The molecule has 6 heteroatoms. The number of carbonyl (C=O) groups is 1. The van der Waals surface area contributed by atoms with Crippen LogP contribution in [0.3, 0.4) is 0 Å². The number of nitrogens with zero attached hydrogens (tertiary/aromatic N) is 2. The van der Waals surface area contributed by atoms with Crippen LogP contribution in [0.5, 0.6) is 0 Å². The van der Waals surface area contributed by atoms with Crippen molar-refractivity contribution in [1.29, 1.82) is 0 Å². The van der Waals surface area contributed by atoms with Crippen LogP contribution in [0.25, 0.3) is 0 Å². The minimum atomic E-state index is -0.0524. The van der Waals surface area contributed by atoms with Gasteiger partial charge in [0.2, 0.25) is 0 Å². The fourth-order valence-electron chi connectivity index (χ4n) is 3.71. The van der Waals surface area contributed by atoms with E-state index in [1.165, 1.54) is 0 Å². The summed E-state index contributed by atoms with van der Waals surface area (Å²) in [5.74, 6) is 1.30. The summed E-state index contributed by atoms with van der Waals surface area (Å²) in [6, 6.07) is 9.87. The molecule has 1 amide bonds. The van der Waals surface area contributed by atoms with E-state index in [0.29, 0.717) is 30.7 Å². The Morgan fingerprint density at radius 3 is 2.75 bits per heavy atom. The molecule has 0 bridgehead atoms. The monoisotopic (exact) mass is 399 g/mol. The van der Waals surface area contributed by atoms with Crippen LogP contribution < -0.4 is 10.2 Å². The zero-order valence-electron chi connectivity index (χ0n) is 16.4. The van der Waals surface area contributed by atoms with Crippen molar-refractivity contribution < 1.29 is 9.53 Å². The van der Waals surface area contributed by atoms with E-state index in [-0.39, 0.29) is 11.9 Å². The minimum absolute atomic E-state index is 0.0524. The van der Waals surface area contributed by atoms with Gasteiger partial charge in [-0.3, -0.25) is 4.79 Å². The lowest BCUT2D eigenvalue weighted by Crippen LogP contribution is -2.44. The lowest BCUT2D eigenvalue weighted by Gasteiger charge is -2.35. The number of hydrogen-bond acceptors (Lipinski definition) is 4. The van der Waals surface area contributed by atoms with E-state index < -0.39 is 0 Å². The third-order valence-corrected chi connectivity index (χ3v) is 5.70. The summed E-state index contributed by atoms with van der Waals surface area (Å²) in [5.41, 5.74) is 3.69. The van der Waals surface area contributed by atoms with Crippen molar-refractivity contribution in [3.8, 4) is 0 Å². The van der Waals surface area contributed by atoms with Gasteiger partial charge in [-0.25, -0.2) is 4.98 Å². The third kappa shape index (κ3) is 4.15. The van der Waals surface area contributed by atoms with Crippen molar-refractivity contribution in [3.63, 3.8) is 0 Å². The number of morpholine rings is 1. The summed E-state index contributed by atoms with van der Waals surface area (Å²) in [6.07, 6.45) is 2.21. The molecule has 1 aromatic carbocycles. The van der Waals surface area contributed by atoms with Crippen molar-refractivity contribution in [2.45, 2.75) is 45.2 Å². The third-order valence-electron chi connectivity index (χ3n) is 5.45. The van der Waals surface area contributed by atoms with E-state index in [1.807, 2.05) is 37.3 Å². The number of amides is 1. The molecule has 1 aliphatic heterocycles. The predicted molar refractivity (Wildman–Crippen MR) is 111 cm³/mol. The van der Waals surface area contributed by atoms with Crippen molar-refractivity contribution in [2.75, 3.05) is 24.7 Å². The van der Waals surface area contributed by atoms with Gasteiger partial charge in [0.15, 0.2) is 0 Å². The molecule has 1 aromatic heterocycles. The highest BCUT2D eigenvalue weighted by atomic mass is 35.5. The molecule has 1 saturated carbocycles. The molecule has 1 saturated heterocycles. The van der Waals surface area contributed by atoms with Crippen LogP contribution in [-0.4, -0.2) is 36.7 Å². The van der Waals surface area contributed by atoms with Gasteiger partial charge >= 0.3 is 0 Å². The molecule has 2 fully saturated rings. The van der Waals surface area contributed by atoms with Gasteiger partial charge in [-0.2, -0.15) is 0 Å². The second kappa shape index (κ2) is 8.10. The van der Waals surface area contributed by atoms with E-state index in [4.69, 9.17) is 21.3 Å². The van der Waals surface area contributed by atoms with Crippen LogP contribution in [0, 0.1) is 6.92 Å². The zero-order valence-corrected chi connectivity index (χ0v) is 17.1. The number of aromatic nitrogens is 1. The van der Waals surface area contributed by atoms with Crippen LogP contribution in [0.15, 0.2) is 30.3 Å². The van der Waals surface area contributed by atoms with Crippen molar-refractivity contribution in [1.82, 2.24) is 10.3 Å². The van der Waals surface area contributed by atoms with Gasteiger partial charge in [0.05, 0.1) is 30.5 Å². The van der Waals surface area contributed by atoms with Crippen molar-refractivity contribution >= 4 is 23.3 Å². The average molecular weight is 400 g/mol. The Balaban J connectivity index is 1.57. The van der Waals surface area contributed by atoms with E-state index >= 15 is 0 Å². The molecule has 28 heavy (non-hydrogen) atoms. The number of pyridine rings is 1. The fraction of sp³-hybridized carbons (Fsp3) is 0.455. The molecular weight excluding hydrogens is 374 g/mol. The zero-order chi connectivity index (χ0) is 19.7. The van der Waals surface area contributed by atoms with Crippen LogP contribution in [0.4, 0.5) is 5.82 Å². The Hall–Kier alpha value is -2.11. The molecule has 4 rings (SSSR count). The first-order chi connectivity index (χ1) is 13.5. The Kier molecular flexibility index (Phi) is 5.56. The maximum absolute atomic E-state index is 13.0. The molecule has 148 valence electrons. The largest absolute Gasteiger partial charge is 0.377 e. The number of ether oxygens (including phenoxy) is 1. The van der Waals surface area contributed by atoms with E-state index in [2.05, 4.69) is 17.1 Å². The maximum atomic E-state index is 13.0. The van der Waals surface area contributed by atoms with Crippen LogP contribution in [0.2, 0.25) is 5.02 Å². The first-order valence-electron chi connectivity index (χ1n) is 9.91. The first-order valence-corrected chi connectivity index (χ1v) is 10.3. The molecule has 5 nitrogen and oxygen atoms in total. The SMILES string of the molecule is Cc1cc(N2CCOC[C@H]2C)nc(C2CC2)c1C(=O)NCc1ccc(Cl)cc1. The minimum Gasteiger partial charge on any atom is -0.377 e. The highest BCUT2D eigenvalue weighted by Crippen LogP contribution is 2.42. The first kappa shape index (κ1) is 19.2. The number of aryl methyl sites for hydroxylation is 1. The quantitative estimate of drug-likeness (QED) is 0.823. The second-order valence-corrected chi connectivity index (χ2v) is 8.19. The lowest BCUT2D eigenvalue weighted by atomic mass is 10.0. The van der Waals surface area contributed by atoms with E-state index in [0.717, 1.165) is 47.6 Å². The Morgan fingerprint density at radius 2 is 2.07 bits per heavy atom. The number of carbonyl (C=O) groups excluding carboxylic acids is 1. The van der Waals surface area contributed by atoms with E-state index in [1.54, 1.807) is 0 Å². The molecule has 0 unspecified atom stereocenters. The summed E-state index contributed by atoms with van der Waals surface area (Å²) in [6.45, 7) is 6.90. The van der Waals surface area contributed by atoms with Crippen molar-refractivity contribution in [2.24, 2.45) is 0 Å². The number of rotatable bonds is 5. The molecule has 0 radical (unpaired) electrons. The van der Waals surface area contributed by atoms with Gasteiger partial charge in [0.25, 0.3) is 5.91 Å². The standard InChI is InChI=1S/C22H26ClN3O2/c1-14-11-19(26-9-10-28-13-15(26)2)25-21(17-5-6-17)20(14)22(27)24-12-16-3-7-18(23)8-4-16/h3-4,7-8,11,15,17H,5-6,9-10,12-13H2,1-2H3,(H,24,27)/t15-/m1/s1. The summed E-state index contributed by atoms with van der Waals surface area (Å²) < 4.78 is 5.56. The highest BCUT2D eigenvalue weighted by molar-refractivity contribution is 6.30. The number of benzene rings is 1. The Bertz CT molecular complexity index is 865. The molecule has 2 aromatic rings. The summed E-state index contributed by atoms with van der Waals surface area (Å²) in [4.78, 5) is 20.2. The molecule has 0 spiro atoms. The fourth-order valence-corrected chi connectivity index (χ4v) is 3.84. The van der Waals surface area contributed by atoms with Gasteiger partial charge in [-0.05, 0) is 56.0 Å². The summed E-state index contributed by atoms with van der Waals surface area (Å²) in [7, 11) is 0. The smallest absolute Gasteiger partial charge is 0.253 e. The van der Waals surface area contributed by atoms with Gasteiger partial charge in [-0.15, -0.1) is 0 Å². The normalized spacial score (nSPS) is 19.5. The number of halogens is 1. The van der Waals surface area contributed by atoms with Gasteiger partial charge in [0, 0.05) is 24.0 Å².